The van der Waals surface area contributed by atoms with Crippen LogP contribution in [0.5, 0.6) is 0 Å². The van der Waals surface area contributed by atoms with E-state index in [1.807, 2.05) is 6.92 Å². The first-order valence-electron chi connectivity index (χ1n) is 6.20. The smallest absolute Gasteiger partial charge is 0.323 e. The van der Waals surface area contributed by atoms with E-state index in [1.165, 1.54) is 4.90 Å². The molecule has 0 aliphatic carbocycles. The Labute approximate surface area is 107 Å². The number of carboxylic acid groups (broad SMARTS) is 1. The molecular weight excluding hydrogens is 236 g/mol. The number of nitrogens with zero attached hydrogens (tertiary/aromatic N) is 2. The monoisotopic (exact) mass is 256 g/mol. The second-order valence-corrected chi connectivity index (χ2v) is 4.66. The predicted octanol–water partition coefficient (Wildman–Crippen LogP) is 0.178. The number of likely N-dealkylation sites (tertiary alicyclic amines) is 1. The van der Waals surface area contributed by atoms with Crippen LogP contribution in [0.2, 0.25) is 0 Å². The van der Waals surface area contributed by atoms with Crippen LogP contribution in [0.1, 0.15) is 26.2 Å². The van der Waals surface area contributed by atoms with Crippen molar-refractivity contribution < 1.29 is 19.5 Å². The number of carbonyl (C=O) groups excluding carboxylic acids is 2. The normalized spacial score (nSPS) is 19.8. The first kappa shape index (κ1) is 14.5. The highest BCUT2D eigenvalue weighted by atomic mass is 16.4. The van der Waals surface area contributed by atoms with E-state index >= 15 is 0 Å². The van der Waals surface area contributed by atoms with Crippen LogP contribution in [0.25, 0.3) is 0 Å². The first-order chi connectivity index (χ1) is 8.45. The van der Waals surface area contributed by atoms with Crippen molar-refractivity contribution in [2.24, 2.45) is 5.92 Å². The lowest BCUT2D eigenvalue weighted by Crippen LogP contribution is -2.45. The Kier molecular flexibility index (Phi) is 5.12. The Morgan fingerprint density at radius 3 is 2.67 bits per heavy atom. The van der Waals surface area contributed by atoms with Crippen LogP contribution in [-0.2, 0) is 14.4 Å². The molecule has 0 radical (unpaired) electrons. The quantitative estimate of drug-likeness (QED) is 0.761. The Morgan fingerprint density at radius 2 is 2.17 bits per heavy atom. The van der Waals surface area contributed by atoms with Gasteiger partial charge in [0, 0.05) is 32.5 Å². The summed E-state index contributed by atoms with van der Waals surface area (Å²) < 4.78 is 0. The Balaban J connectivity index is 2.65. The molecule has 0 saturated carbocycles. The molecule has 0 aromatic carbocycles. The summed E-state index contributed by atoms with van der Waals surface area (Å²) in [5, 5.41) is 8.78. The van der Waals surface area contributed by atoms with Crippen LogP contribution in [0.3, 0.4) is 0 Å². The lowest BCUT2D eigenvalue weighted by atomic mass is 9.95. The maximum Gasteiger partial charge on any atom is 0.323 e. The zero-order chi connectivity index (χ0) is 13.7. The number of carbonyl (C=O) groups is 3. The topological polar surface area (TPSA) is 77.9 Å². The van der Waals surface area contributed by atoms with E-state index in [2.05, 4.69) is 0 Å². The average Bonchev–Trinajstić information content (AvgIpc) is 2.31. The number of rotatable bonds is 5. The van der Waals surface area contributed by atoms with Gasteiger partial charge >= 0.3 is 5.97 Å². The summed E-state index contributed by atoms with van der Waals surface area (Å²) in [6.45, 7) is 2.59. The molecule has 6 heteroatoms. The standard InChI is InChI=1S/C12H20N2O4/c1-3-5-14(8-11(16)17)12(18)9-4-6-13(2)10(15)7-9/h9H,3-8H2,1-2H3,(H,16,17). The summed E-state index contributed by atoms with van der Waals surface area (Å²) >= 11 is 0. The summed E-state index contributed by atoms with van der Waals surface area (Å²) in [6, 6.07) is 0. The summed E-state index contributed by atoms with van der Waals surface area (Å²) in [4.78, 5) is 37.4. The molecule has 1 aliphatic heterocycles. The van der Waals surface area contributed by atoms with Crippen molar-refractivity contribution >= 4 is 17.8 Å². The molecule has 0 aromatic heterocycles. The maximum atomic E-state index is 12.2. The van der Waals surface area contributed by atoms with E-state index in [1.54, 1.807) is 11.9 Å². The van der Waals surface area contributed by atoms with E-state index in [-0.39, 0.29) is 30.7 Å². The summed E-state index contributed by atoms with van der Waals surface area (Å²) in [6.07, 6.45) is 1.51. The van der Waals surface area contributed by atoms with Crippen molar-refractivity contribution in [3.05, 3.63) is 0 Å². The molecule has 1 aliphatic rings. The molecule has 18 heavy (non-hydrogen) atoms. The van der Waals surface area contributed by atoms with Gasteiger partial charge in [-0.15, -0.1) is 0 Å². The second-order valence-electron chi connectivity index (χ2n) is 4.66. The van der Waals surface area contributed by atoms with Gasteiger partial charge in [-0.3, -0.25) is 14.4 Å². The molecule has 1 unspecified atom stereocenters. The predicted molar refractivity (Wildman–Crippen MR) is 64.9 cm³/mol. The molecule has 1 fully saturated rings. The van der Waals surface area contributed by atoms with Gasteiger partial charge in [-0.05, 0) is 12.8 Å². The van der Waals surface area contributed by atoms with Crippen LogP contribution in [-0.4, -0.2) is 59.4 Å². The van der Waals surface area contributed by atoms with E-state index < -0.39 is 5.97 Å². The van der Waals surface area contributed by atoms with Gasteiger partial charge in [0.15, 0.2) is 0 Å². The number of hydrogen-bond donors (Lipinski definition) is 1. The van der Waals surface area contributed by atoms with Crippen LogP contribution in [0, 0.1) is 5.92 Å². The fourth-order valence-corrected chi connectivity index (χ4v) is 2.11. The lowest BCUT2D eigenvalue weighted by Gasteiger charge is -2.31. The van der Waals surface area contributed by atoms with Crippen molar-refractivity contribution in [2.45, 2.75) is 26.2 Å². The third kappa shape index (κ3) is 3.72. The fraction of sp³-hybridized carbons (Fsp3) is 0.750. The largest absolute Gasteiger partial charge is 0.480 e. The van der Waals surface area contributed by atoms with Gasteiger partial charge in [0.05, 0.1) is 0 Å². The first-order valence-corrected chi connectivity index (χ1v) is 6.20. The molecule has 1 heterocycles. The maximum absolute atomic E-state index is 12.2. The van der Waals surface area contributed by atoms with Crippen molar-refractivity contribution in [2.75, 3.05) is 26.7 Å². The number of hydrogen-bond acceptors (Lipinski definition) is 3. The zero-order valence-corrected chi connectivity index (χ0v) is 10.9. The molecule has 2 amide bonds. The molecule has 0 aromatic rings. The van der Waals surface area contributed by atoms with Crippen LogP contribution in [0.4, 0.5) is 0 Å². The number of aliphatic carboxylic acids is 1. The third-order valence-corrected chi connectivity index (χ3v) is 3.14. The highest BCUT2D eigenvalue weighted by molar-refractivity contribution is 5.88. The Morgan fingerprint density at radius 1 is 1.50 bits per heavy atom. The molecule has 102 valence electrons. The van der Waals surface area contributed by atoms with Gasteiger partial charge in [-0.25, -0.2) is 0 Å². The van der Waals surface area contributed by atoms with Crippen molar-refractivity contribution in [3.63, 3.8) is 0 Å². The van der Waals surface area contributed by atoms with Gasteiger partial charge < -0.3 is 14.9 Å². The zero-order valence-electron chi connectivity index (χ0n) is 10.9. The number of amides is 2. The van der Waals surface area contributed by atoms with Gasteiger partial charge in [-0.2, -0.15) is 0 Å². The Bertz CT molecular complexity index is 343. The van der Waals surface area contributed by atoms with Crippen molar-refractivity contribution in [1.82, 2.24) is 9.80 Å². The molecule has 1 atom stereocenters. The molecule has 1 saturated heterocycles. The molecule has 0 spiro atoms. The third-order valence-electron chi connectivity index (χ3n) is 3.14. The van der Waals surface area contributed by atoms with E-state index in [0.29, 0.717) is 25.9 Å². The van der Waals surface area contributed by atoms with Gasteiger partial charge in [0.25, 0.3) is 0 Å². The molecule has 1 rings (SSSR count). The lowest BCUT2D eigenvalue weighted by molar-refractivity contribution is -0.149. The second kappa shape index (κ2) is 6.37. The minimum Gasteiger partial charge on any atom is -0.480 e. The molecule has 0 bridgehead atoms. The SMILES string of the molecule is CCCN(CC(=O)O)C(=O)C1CCN(C)C(=O)C1. The molecule has 6 nitrogen and oxygen atoms in total. The Hall–Kier alpha value is -1.59. The highest BCUT2D eigenvalue weighted by Gasteiger charge is 2.31. The molecular formula is C12H20N2O4. The minimum absolute atomic E-state index is 0.0497. The van der Waals surface area contributed by atoms with Gasteiger partial charge in [0.1, 0.15) is 6.54 Å². The number of carboxylic acids is 1. The van der Waals surface area contributed by atoms with E-state index in [0.717, 1.165) is 0 Å². The van der Waals surface area contributed by atoms with Gasteiger partial charge in [0.2, 0.25) is 11.8 Å². The summed E-state index contributed by atoms with van der Waals surface area (Å²) in [5.41, 5.74) is 0. The minimum atomic E-state index is -1.02. The van der Waals surface area contributed by atoms with Crippen molar-refractivity contribution in [1.29, 1.82) is 0 Å². The average molecular weight is 256 g/mol. The van der Waals surface area contributed by atoms with E-state index in [4.69, 9.17) is 5.11 Å². The number of piperidine rings is 1. The van der Waals surface area contributed by atoms with E-state index in [9.17, 15) is 14.4 Å². The van der Waals surface area contributed by atoms with Crippen LogP contribution < -0.4 is 0 Å². The van der Waals surface area contributed by atoms with Crippen molar-refractivity contribution in [3.8, 4) is 0 Å². The van der Waals surface area contributed by atoms with Crippen LogP contribution >= 0.6 is 0 Å². The highest BCUT2D eigenvalue weighted by Crippen LogP contribution is 2.19. The van der Waals surface area contributed by atoms with Crippen LogP contribution in [0.15, 0.2) is 0 Å². The fourth-order valence-electron chi connectivity index (χ4n) is 2.11. The summed E-state index contributed by atoms with van der Waals surface area (Å²) in [5.74, 6) is -1.64. The molecule has 1 N–H and O–H groups in total. The van der Waals surface area contributed by atoms with Gasteiger partial charge in [-0.1, -0.05) is 6.92 Å². The summed E-state index contributed by atoms with van der Waals surface area (Å²) in [7, 11) is 1.71.